The number of aromatic carboxylic acids is 2. The van der Waals surface area contributed by atoms with Gasteiger partial charge >= 0.3 is 11.9 Å². The van der Waals surface area contributed by atoms with Gasteiger partial charge in [-0.2, -0.15) is 0 Å². The van der Waals surface area contributed by atoms with Crippen molar-refractivity contribution in [3.05, 3.63) is 34.4 Å². The van der Waals surface area contributed by atoms with Crippen molar-refractivity contribution in [2.75, 3.05) is 0 Å². The smallest absolute Gasteiger partial charge is 0.336 e. The Bertz CT molecular complexity index is 559. The molecule has 0 amide bonds. The van der Waals surface area contributed by atoms with Crippen molar-refractivity contribution in [1.82, 2.24) is 0 Å². The minimum atomic E-state index is -1.18. The van der Waals surface area contributed by atoms with Crippen molar-refractivity contribution in [3.63, 3.8) is 0 Å². The first-order chi connectivity index (χ1) is 10.7. The van der Waals surface area contributed by atoms with Gasteiger partial charge in [-0.15, -0.1) is 0 Å². The van der Waals surface area contributed by atoms with Crippen LogP contribution in [0.15, 0.2) is 12.1 Å². The van der Waals surface area contributed by atoms with Gasteiger partial charge in [0.2, 0.25) is 0 Å². The van der Waals surface area contributed by atoms with Crippen molar-refractivity contribution in [2.24, 2.45) is 11.8 Å². The van der Waals surface area contributed by atoms with Gasteiger partial charge in [0.25, 0.3) is 0 Å². The van der Waals surface area contributed by atoms with Crippen molar-refractivity contribution in [3.8, 4) is 0 Å². The fraction of sp³-hybridized carbons (Fsp3) is 0.579. The zero-order valence-electron chi connectivity index (χ0n) is 14.6. The molecule has 0 saturated carbocycles. The van der Waals surface area contributed by atoms with Crippen molar-refractivity contribution in [1.29, 1.82) is 0 Å². The highest BCUT2D eigenvalue weighted by molar-refractivity contribution is 6.03. The first kappa shape index (κ1) is 19.2. The zero-order chi connectivity index (χ0) is 17.6. The molecule has 2 N–H and O–H groups in total. The van der Waals surface area contributed by atoms with Crippen LogP contribution in [0.4, 0.5) is 0 Å². The Morgan fingerprint density at radius 3 is 2.00 bits per heavy atom. The van der Waals surface area contributed by atoms with Crippen molar-refractivity contribution >= 4 is 11.9 Å². The Hall–Kier alpha value is -1.84. The fourth-order valence-electron chi connectivity index (χ4n) is 2.77. The molecule has 0 aromatic heterocycles. The molecule has 0 aliphatic rings. The van der Waals surface area contributed by atoms with Crippen LogP contribution in [0.25, 0.3) is 0 Å². The molecule has 0 heterocycles. The summed E-state index contributed by atoms with van der Waals surface area (Å²) < 4.78 is 0. The first-order valence-electron chi connectivity index (χ1n) is 8.35. The summed E-state index contributed by atoms with van der Waals surface area (Å²) in [5.74, 6) is -1.28. The second-order valence-electron chi connectivity index (χ2n) is 6.95. The maximum atomic E-state index is 11.7. The summed E-state index contributed by atoms with van der Waals surface area (Å²) in [6.07, 6.45) is 4.31. The summed E-state index contributed by atoms with van der Waals surface area (Å²) >= 11 is 0. The largest absolute Gasteiger partial charge is 0.478 e. The van der Waals surface area contributed by atoms with Crippen LogP contribution in [0.5, 0.6) is 0 Å². The molecule has 1 rings (SSSR count). The molecule has 23 heavy (non-hydrogen) atoms. The Kier molecular flexibility index (Phi) is 7.27. The molecular weight excluding hydrogens is 292 g/mol. The minimum Gasteiger partial charge on any atom is -0.478 e. The van der Waals surface area contributed by atoms with E-state index in [4.69, 9.17) is 0 Å². The average Bonchev–Trinajstić information content (AvgIpc) is 2.44. The van der Waals surface area contributed by atoms with E-state index in [-0.39, 0.29) is 11.1 Å². The predicted octanol–water partition coefficient (Wildman–Crippen LogP) is 4.65. The topological polar surface area (TPSA) is 74.6 Å². The molecular formula is C19H28O4. The van der Waals surface area contributed by atoms with Crippen LogP contribution in [-0.2, 0) is 12.8 Å². The molecule has 128 valence electrons. The van der Waals surface area contributed by atoms with Crippen LogP contribution in [0.3, 0.4) is 0 Å². The van der Waals surface area contributed by atoms with Gasteiger partial charge in [-0.05, 0) is 54.7 Å². The Morgan fingerprint density at radius 2 is 1.52 bits per heavy atom. The third-order valence-electron chi connectivity index (χ3n) is 4.05. The van der Waals surface area contributed by atoms with Crippen LogP contribution >= 0.6 is 0 Å². The Labute approximate surface area is 138 Å². The number of carbonyl (C=O) groups is 2. The molecule has 1 aromatic carbocycles. The highest BCUT2D eigenvalue weighted by atomic mass is 16.4. The van der Waals surface area contributed by atoms with Gasteiger partial charge in [0.15, 0.2) is 0 Å². The maximum absolute atomic E-state index is 11.7. The minimum absolute atomic E-state index is 0.0276. The number of carboxylic acids is 2. The van der Waals surface area contributed by atoms with Gasteiger partial charge in [0, 0.05) is 0 Å². The summed E-state index contributed by atoms with van der Waals surface area (Å²) in [5, 5.41) is 18.8. The monoisotopic (exact) mass is 320 g/mol. The molecule has 1 aromatic rings. The molecule has 0 fully saturated rings. The molecule has 0 unspecified atom stereocenters. The summed E-state index contributed by atoms with van der Waals surface area (Å²) in [7, 11) is 0. The standard InChI is InChI=1S/C19H28O4/c1-12(2)6-5-7-14-9-11-16(18(20)21)17(19(22)23)15(14)10-8-13(3)4/h9,11-13H,5-8,10H2,1-4H3,(H,20,21)(H,22,23). The predicted molar refractivity (Wildman–Crippen MR) is 91.3 cm³/mol. The lowest BCUT2D eigenvalue weighted by molar-refractivity contribution is 0.0650. The summed E-state index contributed by atoms with van der Waals surface area (Å²) in [6, 6.07) is 3.24. The van der Waals surface area contributed by atoms with E-state index in [1.807, 2.05) is 0 Å². The van der Waals surface area contributed by atoms with Gasteiger partial charge in [-0.3, -0.25) is 0 Å². The lowest BCUT2D eigenvalue weighted by Crippen LogP contribution is -2.14. The van der Waals surface area contributed by atoms with Gasteiger partial charge < -0.3 is 10.2 Å². The van der Waals surface area contributed by atoms with Crippen LogP contribution < -0.4 is 0 Å². The maximum Gasteiger partial charge on any atom is 0.336 e. The number of rotatable bonds is 9. The molecule has 0 aliphatic heterocycles. The molecule has 4 heteroatoms. The van der Waals surface area contributed by atoms with E-state index < -0.39 is 11.9 Å². The Balaban J connectivity index is 3.24. The second kappa shape index (κ2) is 8.70. The number of aryl methyl sites for hydroxylation is 1. The van der Waals surface area contributed by atoms with E-state index in [1.54, 1.807) is 6.07 Å². The lowest BCUT2D eigenvalue weighted by Gasteiger charge is -2.16. The summed E-state index contributed by atoms with van der Waals surface area (Å²) in [5.41, 5.74) is 1.55. The number of carboxylic acid groups (broad SMARTS) is 2. The normalized spacial score (nSPS) is 11.2. The Morgan fingerprint density at radius 1 is 0.913 bits per heavy atom. The fourth-order valence-corrected chi connectivity index (χ4v) is 2.77. The molecule has 0 spiro atoms. The van der Waals surface area contributed by atoms with E-state index in [1.165, 1.54) is 6.07 Å². The zero-order valence-corrected chi connectivity index (χ0v) is 14.6. The highest BCUT2D eigenvalue weighted by Crippen LogP contribution is 2.25. The van der Waals surface area contributed by atoms with Gasteiger partial charge in [0.1, 0.15) is 0 Å². The van der Waals surface area contributed by atoms with Gasteiger partial charge in [-0.25, -0.2) is 9.59 Å². The van der Waals surface area contributed by atoms with Gasteiger partial charge in [-0.1, -0.05) is 40.2 Å². The van der Waals surface area contributed by atoms with E-state index >= 15 is 0 Å². The quantitative estimate of drug-likeness (QED) is 0.694. The molecule has 0 aliphatic carbocycles. The molecule has 0 atom stereocenters. The van der Waals surface area contributed by atoms with Crippen LogP contribution in [-0.4, -0.2) is 22.2 Å². The third-order valence-corrected chi connectivity index (χ3v) is 4.05. The number of hydrogen-bond donors (Lipinski definition) is 2. The van der Waals surface area contributed by atoms with Gasteiger partial charge in [0.05, 0.1) is 11.1 Å². The molecule has 0 saturated heterocycles. The average molecular weight is 320 g/mol. The van der Waals surface area contributed by atoms with Crippen molar-refractivity contribution < 1.29 is 19.8 Å². The van der Waals surface area contributed by atoms with Crippen LogP contribution in [0.1, 0.15) is 78.8 Å². The van der Waals surface area contributed by atoms with E-state index in [9.17, 15) is 19.8 Å². The van der Waals surface area contributed by atoms with E-state index in [2.05, 4.69) is 27.7 Å². The van der Waals surface area contributed by atoms with Crippen molar-refractivity contribution in [2.45, 2.75) is 59.8 Å². The summed E-state index contributed by atoms with van der Waals surface area (Å²) in [6.45, 7) is 8.49. The molecule has 0 radical (unpaired) electrons. The van der Waals surface area contributed by atoms with Crippen LogP contribution in [0, 0.1) is 11.8 Å². The van der Waals surface area contributed by atoms with E-state index in [0.717, 1.165) is 31.2 Å². The SMILES string of the molecule is CC(C)CCCc1ccc(C(=O)O)c(C(=O)O)c1CCC(C)C. The lowest BCUT2D eigenvalue weighted by atomic mass is 9.88. The second-order valence-corrected chi connectivity index (χ2v) is 6.95. The molecule has 0 bridgehead atoms. The number of benzene rings is 1. The highest BCUT2D eigenvalue weighted by Gasteiger charge is 2.22. The first-order valence-corrected chi connectivity index (χ1v) is 8.35. The third kappa shape index (κ3) is 5.70. The molecule has 4 nitrogen and oxygen atoms in total. The van der Waals surface area contributed by atoms with Crippen LogP contribution in [0.2, 0.25) is 0 Å². The summed E-state index contributed by atoms with van der Waals surface area (Å²) in [4.78, 5) is 23.0. The number of hydrogen-bond acceptors (Lipinski definition) is 2. The van der Waals surface area contributed by atoms with E-state index in [0.29, 0.717) is 23.8 Å².